The molecule has 0 radical (unpaired) electrons. The van der Waals surface area contributed by atoms with Gasteiger partial charge in [0.05, 0.1) is 14.2 Å². The Morgan fingerprint density at radius 2 is 1.76 bits per heavy atom. The number of halogens is 1. The van der Waals surface area contributed by atoms with Gasteiger partial charge in [-0.05, 0) is 12.1 Å². The van der Waals surface area contributed by atoms with Gasteiger partial charge in [-0.15, -0.1) is 0 Å². The molecule has 1 heterocycles. The largest absolute Gasteiger partial charge is 0.468 e. The predicted molar refractivity (Wildman–Crippen MR) is 67.0 cm³/mol. The summed E-state index contributed by atoms with van der Waals surface area (Å²) in [4.78, 5) is 25.9. The molecular formula is C11H13FN2O6S. The Morgan fingerprint density at radius 3 is 2.19 bits per heavy atom. The van der Waals surface area contributed by atoms with E-state index in [9.17, 15) is 22.4 Å². The van der Waals surface area contributed by atoms with Gasteiger partial charge in [0, 0.05) is 6.20 Å². The summed E-state index contributed by atoms with van der Waals surface area (Å²) >= 11 is 0. The van der Waals surface area contributed by atoms with E-state index in [0.29, 0.717) is 4.31 Å². The average Bonchev–Trinajstić information content (AvgIpc) is 2.46. The number of nitrogens with zero attached hydrogens (tertiary/aromatic N) is 2. The van der Waals surface area contributed by atoms with Gasteiger partial charge in [-0.2, -0.15) is 4.31 Å². The van der Waals surface area contributed by atoms with Crippen LogP contribution < -0.4 is 0 Å². The lowest BCUT2D eigenvalue weighted by atomic mass is 10.5. The molecule has 0 spiro atoms. The first-order chi connectivity index (χ1) is 9.82. The van der Waals surface area contributed by atoms with Crippen LogP contribution in [0.2, 0.25) is 0 Å². The molecule has 0 amide bonds. The second-order valence-corrected chi connectivity index (χ2v) is 5.57. The molecule has 0 bridgehead atoms. The summed E-state index contributed by atoms with van der Waals surface area (Å²) < 4.78 is 47.2. The SMILES string of the molecule is COC(=O)CN(CC(=O)OC)S(=O)(=O)c1ncccc1F. The van der Waals surface area contributed by atoms with Gasteiger partial charge in [-0.3, -0.25) is 9.59 Å². The molecule has 1 rings (SSSR count). The monoisotopic (exact) mass is 320 g/mol. The summed E-state index contributed by atoms with van der Waals surface area (Å²) in [6.45, 7) is -1.55. The molecule has 0 saturated heterocycles. The summed E-state index contributed by atoms with van der Waals surface area (Å²) in [6, 6.07) is 2.10. The van der Waals surface area contributed by atoms with E-state index in [4.69, 9.17) is 0 Å². The first-order valence-corrected chi connectivity index (χ1v) is 7.01. The van der Waals surface area contributed by atoms with Crippen molar-refractivity contribution in [2.75, 3.05) is 27.3 Å². The second kappa shape index (κ2) is 7.09. The molecule has 0 aromatic carbocycles. The van der Waals surface area contributed by atoms with Gasteiger partial charge < -0.3 is 9.47 Å². The molecule has 0 N–H and O–H groups in total. The van der Waals surface area contributed by atoms with Crippen molar-refractivity contribution in [3.8, 4) is 0 Å². The summed E-state index contributed by atoms with van der Waals surface area (Å²) in [6.07, 6.45) is 1.07. The van der Waals surface area contributed by atoms with Gasteiger partial charge in [0.15, 0.2) is 5.82 Å². The minimum Gasteiger partial charge on any atom is -0.468 e. The van der Waals surface area contributed by atoms with E-state index in [1.807, 2.05) is 0 Å². The minimum absolute atomic E-state index is 0.427. The highest BCUT2D eigenvalue weighted by molar-refractivity contribution is 7.89. The number of rotatable bonds is 6. The van der Waals surface area contributed by atoms with E-state index in [1.54, 1.807) is 0 Å². The first kappa shape index (κ1) is 17.0. The van der Waals surface area contributed by atoms with Crippen LogP contribution in [0.3, 0.4) is 0 Å². The fourth-order valence-electron chi connectivity index (χ4n) is 1.33. The lowest BCUT2D eigenvalue weighted by molar-refractivity contribution is -0.143. The Kier molecular flexibility index (Phi) is 5.73. The molecule has 1 aromatic heterocycles. The van der Waals surface area contributed by atoms with Crippen molar-refractivity contribution >= 4 is 22.0 Å². The fourth-order valence-corrected chi connectivity index (χ4v) is 2.63. The van der Waals surface area contributed by atoms with Crippen molar-refractivity contribution in [1.29, 1.82) is 0 Å². The summed E-state index contributed by atoms with van der Waals surface area (Å²) in [5.41, 5.74) is 0. The number of carbonyl (C=O) groups is 2. The molecule has 1 aromatic rings. The zero-order valence-electron chi connectivity index (χ0n) is 11.3. The van der Waals surface area contributed by atoms with E-state index < -0.39 is 45.9 Å². The van der Waals surface area contributed by atoms with Crippen molar-refractivity contribution in [2.24, 2.45) is 0 Å². The normalized spacial score (nSPS) is 11.2. The molecule has 10 heteroatoms. The van der Waals surface area contributed by atoms with Gasteiger partial charge >= 0.3 is 11.9 Å². The number of ether oxygens (including phenoxy) is 2. The summed E-state index contributed by atoms with van der Waals surface area (Å²) in [7, 11) is -2.40. The maximum Gasteiger partial charge on any atom is 0.321 e. The number of pyridine rings is 1. The van der Waals surface area contributed by atoms with E-state index in [0.717, 1.165) is 26.5 Å². The van der Waals surface area contributed by atoms with Crippen LogP contribution in [0.25, 0.3) is 0 Å². The van der Waals surface area contributed by atoms with Crippen LogP contribution in [0.1, 0.15) is 0 Å². The Bertz CT molecular complexity index is 615. The Balaban J connectivity index is 3.19. The quantitative estimate of drug-likeness (QED) is 0.654. The molecule has 8 nitrogen and oxygen atoms in total. The highest BCUT2D eigenvalue weighted by Crippen LogP contribution is 2.16. The van der Waals surface area contributed by atoms with Gasteiger partial charge in [0.2, 0.25) is 5.03 Å². The van der Waals surface area contributed by atoms with E-state index in [1.165, 1.54) is 6.07 Å². The molecule has 0 aliphatic rings. The Labute approximate surface area is 120 Å². The second-order valence-electron chi connectivity index (χ2n) is 3.72. The number of carbonyl (C=O) groups excluding carboxylic acids is 2. The molecule has 21 heavy (non-hydrogen) atoms. The molecule has 116 valence electrons. The van der Waals surface area contributed by atoms with Crippen LogP contribution in [-0.4, -0.2) is 57.0 Å². The van der Waals surface area contributed by atoms with Crippen LogP contribution in [0.15, 0.2) is 23.4 Å². The predicted octanol–water partition coefficient (Wildman–Crippen LogP) is -0.443. The van der Waals surface area contributed by atoms with Crippen molar-refractivity contribution in [1.82, 2.24) is 9.29 Å². The van der Waals surface area contributed by atoms with E-state index in [2.05, 4.69) is 14.5 Å². The Hall–Kier alpha value is -2.07. The maximum absolute atomic E-state index is 13.6. The average molecular weight is 320 g/mol. The van der Waals surface area contributed by atoms with E-state index in [-0.39, 0.29) is 0 Å². The first-order valence-electron chi connectivity index (χ1n) is 5.57. The molecule has 0 saturated carbocycles. The topological polar surface area (TPSA) is 103 Å². The number of esters is 2. The van der Waals surface area contributed by atoms with Crippen molar-refractivity contribution in [3.05, 3.63) is 24.1 Å². The van der Waals surface area contributed by atoms with Gasteiger partial charge in [0.25, 0.3) is 10.0 Å². The fraction of sp³-hybridized carbons (Fsp3) is 0.364. The number of methoxy groups -OCH3 is 2. The molecule has 0 fully saturated rings. The third-order valence-electron chi connectivity index (χ3n) is 2.38. The van der Waals surface area contributed by atoms with Crippen LogP contribution in [0.5, 0.6) is 0 Å². The minimum atomic E-state index is -4.50. The number of aromatic nitrogens is 1. The lowest BCUT2D eigenvalue weighted by Gasteiger charge is -2.19. The van der Waals surface area contributed by atoms with E-state index >= 15 is 0 Å². The van der Waals surface area contributed by atoms with Crippen molar-refractivity contribution in [3.63, 3.8) is 0 Å². The number of hydrogen-bond acceptors (Lipinski definition) is 7. The lowest BCUT2D eigenvalue weighted by Crippen LogP contribution is -2.40. The smallest absolute Gasteiger partial charge is 0.321 e. The molecular weight excluding hydrogens is 307 g/mol. The van der Waals surface area contributed by atoms with Crippen LogP contribution in [0.4, 0.5) is 4.39 Å². The third-order valence-corrected chi connectivity index (χ3v) is 4.10. The van der Waals surface area contributed by atoms with Gasteiger partial charge in [0.1, 0.15) is 13.1 Å². The molecule has 0 aliphatic heterocycles. The summed E-state index contributed by atoms with van der Waals surface area (Å²) in [5.74, 6) is -2.94. The van der Waals surface area contributed by atoms with Crippen LogP contribution in [-0.2, 0) is 29.1 Å². The van der Waals surface area contributed by atoms with Crippen LogP contribution in [0, 0.1) is 5.82 Å². The molecule has 0 unspecified atom stereocenters. The molecule has 0 aliphatic carbocycles. The van der Waals surface area contributed by atoms with Crippen molar-refractivity contribution < 1.29 is 31.9 Å². The van der Waals surface area contributed by atoms with Crippen molar-refractivity contribution in [2.45, 2.75) is 5.03 Å². The standard InChI is InChI=1S/C11H13FN2O6S/c1-19-9(15)6-14(7-10(16)20-2)21(17,18)11-8(12)4-3-5-13-11/h3-5H,6-7H2,1-2H3. The molecule has 0 atom stereocenters. The van der Waals surface area contributed by atoms with Gasteiger partial charge in [-0.1, -0.05) is 0 Å². The summed E-state index contributed by atoms with van der Waals surface area (Å²) in [5, 5.41) is -0.891. The number of sulfonamides is 1. The zero-order valence-corrected chi connectivity index (χ0v) is 12.1. The van der Waals surface area contributed by atoms with Crippen LogP contribution >= 0.6 is 0 Å². The van der Waals surface area contributed by atoms with Gasteiger partial charge in [-0.25, -0.2) is 17.8 Å². The highest BCUT2D eigenvalue weighted by atomic mass is 32.2. The maximum atomic E-state index is 13.6. The highest BCUT2D eigenvalue weighted by Gasteiger charge is 2.32. The number of hydrogen-bond donors (Lipinski definition) is 0. The third kappa shape index (κ3) is 4.20. The zero-order chi connectivity index (χ0) is 16.0. The Morgan fingerprint density at radius 1 is 1.24 bits per heavy atom.